The first-order valence-electron chi connectivity index (χ1n) is 9.10. The Morgan fingerprint density at radius 1 is 1.04 bits per heavy atom. The molecule has 5 nitrogen and oxygen atoms in total. The molecule has 1 unspecified atom stereocenters. The minimum absolute atomic E-state index is 0.115. The second-order valence-corrected chi connectivity index (χ2v) is 8.27. The number of benzene rings is 2. The topological polar surface area (TPSA) is 63.7 Å². The summed E-state index contributed by atoms with van der Waals surface area (Å²) in [5.74, 6) is 0.386. The number of hydrogen-bond acceptors (Lipinski definition) is 4. The van der Waals surface area contributed by atoms with Crippen LogP contribution in [0.5, 0.6) is 5.75 Å². The lowest BCUT2D eigenvalue weighted by Gasteiger charge is -2.29. The van der Waals surface area contributed by atoms with Crippen molar-refractivity contribution >= 4 is 16.0 Å². The smallest absolute Gasteiger partial charge is 0.306 e. The van der Waals surface area contributed by atoms with Gasteiger partial charge in [0.2, 0.25) is 5.91 Å². The van der Waals surface area contributed by atoms with Crippen molar-refractivity contribution in [1.82, 2.24) is 4.90 Å². The van der Waals surface area contributed by atoms with Crippen LogP contribution in [-0.2, 0) is 27.9 Å². The van der Waals surface area contributed by atoms with E-state index in [1.807, 2.05) is 42.2 Å². The van der Waals surface area contributed by atoms with Gasteiger partial charge in [-0.3, -0.25) is 4.79 Å². The molecule has 0 aromatic heterocycles. The average Bonchev–Trinajstić information content (AvgIpc) is 2.64. The van der Waals surface area contributed by atoms with E-state index in [0.29, 0.717) is 19.4 Å². The average molecular weight is 390 g/mol. The van der Waals surface area contributed by atoms with Gasteiger partial charge in [0.25, 0.3) is 0 Å². The Morgan fingerprint density at radius 3 is 2.22 bits per heavy atom. The van der Waals surface area contributed by atoms with E-state index in [1.165, 1.54) is 0 Å². The number of amides is 1. The number of carbonyl (C=O) groups excluding carboxylic acids is 1. The summed E-state index contributed by atoms with van der Waals surface area (Å²) in [5.41, 5.74) is 2.08. The maximum atomic E-state index is 12.8. The Morgan fingerprint density at radius 2 is 1.67 bits per heavy atom. The molecule has 0 spiro atoms. The predicted octanol–water partition coefficient (Wildman–Crippen LogP) is 3.78. The molecule has 2 aromatic rings. The van der Waals surface area contributed by atoms with Gasteiger partial charge in [0.05, 0.1) is 6.26 Å². The molecule has 0 radical (unpaired) electrons. The molecule has 146 valence electrons. The van der Waals surface area contributed by atoms with Crippen molar-refractivity contribution in [2.24, 2.45) is 0 Å². The zero-order valence-corrected chi connectivity index (χ0v) is 16.9. The van der Waals surface area contributed by atoms with E-state index < -0.39 is 10.1 Å². The van der Waals surface area contributed by atoms with Crippen molar-refractivity contribution in [2.45, 2.75) is 45.7 Å². The molecule has 6 heteroatoms. The van der Waals surface area contributed by atoms with Crippen LogP contribution in [0.4, 0.5) is 0 Å². The summed E-state index contributed by atoms with van der Waals surface area (Å²) < 4.78 is 27.2. The van der Waals surface area contributed by atoms with Crippen LogP contribution in [0.2, 0.25) is 0 Å². The lowest BCUT2D eigenvalue weighted by atomic mass is 10.1. The number of rotatable bonds is 9. The molecule has 1 amide bonds. The molecule has 0 aliphatic carbocycles. The van der Waals surface area contributed by atoms with E-state index in [9.17, 15) is 13.2 Å². The van der Waals surface area contributed by atoms with Gasteiger partial charge in [0.15, 0.2) is 0 Å². The Bertz CT molecular complexity index is 832. The van der Waals surface area contributed by atoms with Crippen LogP contribution in [-0.4, -0.2) is 31.5 Å². The molecule has 0 bridgehead atoms. The van der Waals surface area contributed by atoms with Crippen LogP contribution in [0.25, 0.3) is 0 Å². The molecule has 27 heavy (non-hydrogen) atoms. The molecule has 0 fully saturated rings. The van der Waals surface area contributed by atoms with Crippen LogP contribution in [0, 0.1) is 0 Å². The molecule has 0 heterocycles. The van der Waals surface area contributed by atoms with Crippen molar-refractivity contribution in [3.05, 3.63) is 65.7 Å². The second kappa shape index (κ2) is 9.55. The normalized spacial score (nSPS) is 12.4. The first-order valence-corrected chi connectivity index (χ1v) is 10.9. The highest BCUT2D eigenvalue weighted by molar-refractivity contribution is 7.86. The highest BCUT2D eigenvalue weighted by Gasteiger charge is 2.19. The number of carbonyl (C=O) groups is 1. The van der Waals surface area contributed by atoms with Crippen molar-refractivity contribution in [1.29, 1.82) is 0 Å². The van der Waals surface area contributed by atoms with Crippen LogP contribution < -0.4 is 4.18 Å². The van der Waals surface area contributed by atoms with Crippen molar-refractivity contribution in [3.8, 4) is 5.75 Å². The van der Waals surface area contributed by atoms with E-state index in [1.54, 1.807) is 24.3 Å². The van der Waals surface area contributed by atoms with Gasteiger partial charge in [0.1, 0.15) is 5.75 Å². The number of hydrogen-bond donors (Lipinski definition) is 0. The third kappa shape index (κ3) is 7.06. The second-order valence-electron chi connectivity index (χ2n) is 6.70. The van der Waals surface area contributed by atoms with Crippen molar-refractivity contribution < 1.29 is 17.4 Å². The fourth-order valence-electron chi connectivity index (χ4n) is 2.77. The van der Waals surface area contributed by atoms with Gasteiger partial charge in [-0.25, -0.2) is 0 Å². The molecule has 0 aliphatic rings. The SMILES string of the molecule is CCC(C)N(Cc1ccc(OS(C)(=O)=O)cc1)C(=O)CCc1ccccc1. The fourth-order valence-corrected chi connectivity index (χ4v) is 3.23. The summed E-state index contributed by atoms with van der Waals surface area (Å²) in [4.78, 5) is 14.7. The molecule has 2 aromatic carbocycles. The van der Waals surface area contributed by atoms with Gasteiger partial charge in [-0.05, 0) is 43.0 Å². The van der Waals surface area contributed by atoms with Crippen LogP contribution >= 0.6 is 0 Å². The first-order chi connectivity index (χ1) is 12.8. The highest BCUT2D eigenvalue weighted by Crippen LogP contribution is 2.18. The van der Waals surface area contributed by atoms with E-state index >= 15 is 0 Å². The monoisotopic (exact) mass is 389 g/mol. The van der Waals surface area contributed by atoms with Gasteiger partial charge < -0.3 is 9.08 Å². The molecule has 2 rings (SSSR count). The largest absolute Gasteiger partial charge is 0.383 e. The lowest BCUT2D eigenvalue weighted by Crippen LogP contribution is -2.37. The molecule has 0 aliphatic heterocycles. The van der Waals surface area contributed by atoms with E-state index in [4.69, 9.17) is 4.18 Å². The van der Waals surface area contributed by atoms with E-state index in [0.717, 1.165) is 23.8 Å². The summed E-state index contributed by atoms with van der Waals surface area (Å²) in [6.45, 7) is 4.59. The van der Waals surface area contributed by atoms with Crippen molar-refractivity contribution in [3.63, 3.8) is 0 Å². The van der Waals surface area contributed by atoms with Crippen molar-refractivity contribution in [2.75, 3.05) is 6.26 Å². The molecule has 0 saturated heterocycles. The van der Waals surface area contributed by atoms with Gasteiger partial charge in [-0.2, -0.15) is 8.42 Å². The first kappa shape index (κ1) is 21.0. The summed E-state index contributed by atoms with van der Waals surface area (Å²) in [6, 6.07) is 16.9. The quantitative estimate of drug-likeness (QED) is 0.612. The molecule has 0 N–H and O–H groups in total. The van der Waals surface area contributed by atoms with E-state index in [2.05, 4.69) is 6.92 Å². The van der Waals surface area contributed by atoms with E-state index in [-0.39, 0.29) is 17.7 Å². The zero-order chi connectivity index (χ0) is 19.9. The summed E-state index contributed by atoms with van der Waals surface area (Å²) in [6.07, 6.45) is 3.06. The molecular weight excluding hydrogens is 362 g/mol. The maximum absolute atomic E-state index is 12.8. The fraction of sp³-hybridized carbons (Fsp3) is 0.381. The third-order valence-corrected chi connectivity index (χ3v) is 4.93. The Labute approximate surface area is 162 Å². The summed E-state index contributed by atoms with van der Waals surface area (Å²) >= 11 is 0. The molecular formula is C21H27NO4S. The van der Waals surface area contributed by atoms with Gasteiger partial charge in [0, 0.05) is 19.0 Å². The van der Waals surface area contributed by atoms with Crippen LogP contribution in [0.1, 0.15) is 37.8 Å². The number of aryl methyl sites for hydroxylation is 1. The van der Waals surface area contributed by atoms with Gasteiger partial charge in [-0.1, -0.05) is 49.4 Å². The van der Waals surface area contributed by atoms with Gasteiger partial charge in [-0.15, -0.1) is 0 Å². The lowest BCUT2D eigenvalue weighted by molar-refractivity contribution is -0.134. The predicted molar refractivity (Wildman–Crippen MR) is 107 cm³/mol. The Kier molecular flexibility index (Phi) is 7.42. The standard InChI is InChI=1S/C21H27NO4S/c1-4-17(2)22(21(23)15-12-18-8-6-5-7-9-18)16-19-10-13-20(14-11-19)26-27(3,24)25/h5-11,13-14,17H,4,12,15-16H2,1-3H3. The summed E-state index contributed by atoms with van der Waals surface area (Å²) in [7, 11) is -3.54. The minimum atomic E-state index is -3.54. The maximum Gasteiger partial charge on any atom is 0.306 e. The molecule has 0 saturated carbocycles. The Balaban J connectivity index is 2.04. The van der Waals surface area contributed by atoms with Crippen LogP contribution in [0.3, 0.4) is 0 Å². The Hall–Kier alpha value is -2.34. The third-order valence-electron chi connectivity index (χ3n) is 4.44. The van der Waals surface area contributed by atoms with Crippen LogP contribution in [0.15, 0.2) is 54.6 Å². The highest BCUT2D eigenvalue weighted by atomic mass is 32.2. The number of nitrogens with zero attached hydrogens (tertiary/aromatic N) is 1. The van der Waals surface area contributed by atoms with Gasteiger partial charge >= 0.3 is 10.1 Å². The zero-order valence-electron chi connectivity index (χ0n) is 16.1. The minimum Gasteiger partial charge on any atom is -0.383 e. The summed E-state index contributed by atoms with van der Waals surface area (Å²) in [5, 5.41) is 0. The molecule has 1 atom stereocenters.